The largest absolute Gasteiger partial charge is 0.0997 e. The lowest BCUT2D eigenvalue weighted by molar-refractivity contribution is 0.645. The molecule has 0 amide bonds. The second-order valence-corrected chi connectivity index (χ2v) is 5.57. The predicted molar refractivity (Wildman–Crippen MR) is 48.5 cm³/mol. The fraction of sp³-hybridized carbons (Fsp3) is 1.00. The first-order chi connectivity index (χ1) is 3.68. The summed E-state index contributed by atoms with van der Waals surface area (Å²) in [6.45, 7) is 6.67. The SMILES string of the molecule is CC(C)C(C)SSS. The summed E-state index contributed by atoms with van der Waals surface area (Å²) < 4.78 is 0. The van der Waals surface area contributed by atoms with Gasteiger partial charge in [0.25, 0.3) is 0 Å². The van der Waals surface area contributed by atoms with Crippen LogP contribution in [0, 0.1) is 5.92 Å². The van der Waals surface area contributed by atoms with E-state index in [-0.39, 0.29) is 0 Å². The molecule has 0 spiro atoms. The Balaban J connectivity index is 3.17. The van der Waals surface area contributed by atoms with Crippen molar-refractivity contribution >= 4 is 32.3 Å². The van der Waals surface area contributed by atoms with Crippen molar-refractivity contribution in [1.29, 1.82) is 0 Å². The van der Waals surface area contributed by atoms with E-state index >= 15 is 0 Å². The Kier molecular flexibility index (Phi) is 5.53. The van der Waals surface area contributed by atoms with Crippen LogP contribution in [0.25, 0.3) is 0 Å². The molecular formula is C5H12S3. The number of hydrogen-bond acceptors (Lipinski definition) is 3. The van der Waals surface area contributed by atoms with E-state index in [9.17, 15) is 0 Å². The van der Waals surface area contributed by atoms with Gasteiger partial charge in [0.2, 0.25) is 0 Å². The molecule has 0 aliphatic carbocycles. The summed E-state index contributed by atoms with van der Waals surface area (Å²) in [4.78, 5) is 0. The highest BCUT2D eigenvalue weighted by Crippen LogP contribution is 2.32. The van der Waals surface area contributed by atoms with Crippen LogP contribution in [0.5, 0.6) is 0 Å². The molecule has 0 bridgehead atoms. The van der Waals surface area contributed by atoms with Gasteiger partial charge in [-0.15, -0.1) is 0 Å². The van der Waals surface area contributed by atoms with Gasteiger partial charge in [0.15, 0.2) is 0 Å². The topological polar surface area (TPSA) is 0 Å². The third-order valence-corrected chi connectivity index (χ3v) is 4.01. The quantitative estimate of drug-likeness (QED) is 0.507. The van der Waals surface area contributed by atoms with E-state index in [0.29, 0.717) is 0 Å². The van der Waals surface area contributed by atoms with Gasteiger partial charge < -0.3 is 0 Å². The molecule has 0 nitrogen and oxygen atoms in total. The van der Waals surface area contributed by atoms with Gasteiger partial charge >= 0.3 is 0 Å². The molecule has 3 heteroatoms. The van der Waals surface area contributed by atoms with Crippen LogP contribution in [-0.4, -0.2) is 5.25 Å². The maximum absolute atomic E-state index is 4.03. The summed E-state index contributed by atoms with van der Waals surface area (Å²) in [6, 6.07) is 0. The minimum absolute atomic E-state index is 0.720. The Morgan fingerprint density at radius 2 is 1.75 bits per heavy atom. The van der Waals surface area contributed by atoms with Crippen molar-refractivity contribution in [2.75, 3.05) is 0 Å². The summed E-state index contributed by atoms with van der Waals surface area (Å²) in [5.41, 5.74) is 0. The molecule has 1 atom stereocenters. The summed E-state index contributed by atoms with van der Waals surface area (Å²) in [6.07, 6.45) is 0. The van der Waals surface area contributed by atoms with Crippen molar-refractivity contribution < 1.29 is 0 Å². The van der Waals surface area contributed by atoms with Crippen molar-refractivity contribution in [2.45, 2.75) is 26.0 Å². The van der Waals surface area contributed by atoms with Gasteiger partial charge in [-0.1, -0.05) is 43.2 Å². The van der Waals surface area contributed by atoms with Crippen LogP contribution in [-0.2, 0) is 0 Å². The molecule has 0 aromatic rings. The molecule has 0 aromatic carbocycles. The molecule has 0 aliphatic rings. The lowest BCUT2D eigenvalue weighted by Gasteiger charge is -2.10. The Morgan fingerprint density at radius 1 is 1.25 bits per heavy atom. The molecule has 0 N–H and O–H groups in total. The minimum Gasteiger partial charge on any atom is -0.0997 e. The Morgan fingerprint density at radius 3 is 1.88 bits per heavy atom. The summed E-state index contributed by atoms with van der Waals surface area (Å²) in [5, 5.41) is 0.720. The molecule has 0 fully saturated rings. The molecule has 0 aromatic heterocycles. The van der Waals surface area contributed by atoms with Crippen LogP contribution in [0.4, 0.5) is 0 Å². The Bertz CT molecular complexity index is 53.6. The first kappa shape index (κ1) is 9.05. The minimum atomic E-state index is 0.720. The maximum Gasteiger partial charge on any atom is 0.0154 e. The van der Waals surface area contributed by atoms with Crippen LogP contribution < -0.4 is 0 Å². The normalized spacial score (nSPS) is 14.6. The molecule has 50 valence electrons. The molecule has 0 radical (unpaired) electrons. The van der Waals surface area contributed by atoms with Crippen molar-refractivity contribution in [3.8, 4) is 0 Å². The zero-order chi connectivity index (χ0) is 6.57. The summed E-state index contributed by atoms with van der Waals surface area (Å²) in [5.74, 6) is 0.764. The van der Waals surface area contributed by atoms with Crippen molar-refractivity contribution in [1.82, 2.24) is 0 Å². The van der Waals surface area contributed by atoms with Crippen LogP contribution in [0.3, 0.4) is 0 Å². The van der Waals surface area contributed by atoms with E-state index in [1.54, 1.807) is 9.83 Å². The lowest BCUT2D eigenvalue weighted by atomic mass is 10.2. The van der Waals surface area contributed by atoms with Crippen LogP contribution >= 0.6 is 32.3 Å². The average Bonchev–Trinajstić information content (AvgIpc) is 1.67. The third-order valence-electron chi connectivity index (χ3n) is 1.13. The highest BCUT2D eigenvalue weighted by atomic mass is 33.5. The predicted octanol–water partition coefficient (Wildman–Crippen LogP) is 3.26. The van der Waals surface area contributed by atoms with Crippen molar-refractivity contribution in [3.05, 3.63) is 0 Å². The lowest BCUT2D eigenvalue weighted by Crippen LogP contribution is -2.02. The maximum atomic E-state index is 4.03. The molecule has 0 aliphatic heterocycles. The monoisotopic (exact) mass is 168 g/mol. The van der Waals surface area contributed by atoms with Crippen LogP contribution in [0.2, 0.25) is 0 Å². The molecule has 0 saturated heterocycles. The molecule has 8 heavy (non-hydrogen) atoms. The van der Waals surface area contributed by atoms with Crippen LogP contribution in [0.15, 0.2) is 0 Å². The summed E-state index contributed by atoms with van der Waals surface area (Å²) >= 11 is 4.03. The van der Waals surface area contributed by atoms with E-state index in [1.165, 1.54) is 0 Å². The average molecular weight is 168 g/mol. The second kappa shape index (κ2) is 4.89. The van der Waals surface area contributed by atoms with Gasteiger partial charge in [-0.05, 0) is 15.7 Å². The smallest absolute Gasteiger partial charge is 0.0154 e. The van der Waals surface area contributed by atoms with Crippen molar-refractivity contribution in [3.63, 3.8) is 0 Å². The van der Waals surface area contributed by atoms with Gasteiger partial charge in [0.05, 0.1) is 0 Å². The van der Waals surface area contributed by atoms with E-state index in [1.807, 2.05) is 10.8 Å². The van der Waals surface area contributed by atoms with Gasteiger partial charge in [0.1, 0.15) is 0 Å². The fourth-order valence-electron chi connectivity index (χ4n) is 0.179. The molecule has 0 saturated carbocycles. The standard InChI is InChI=1S/C5H12S3/c1-4(2)5(3)7-8-6/h4-6H,1-3H3. The molecule has 1 unspecified atom stereocenters. The number of hydrogen-bond donors (Lipinski definition) is 1. The third kappa shape index (κ3) is 3.98. The van der Waals surface area contributed by atoms with E-state index in [0.717, 1.165) is 11.2 Å². The van der Waals surface area contributed by atoms with Crippen molar-refractivity contribution in [2.24, 2.45) is 5.92 Å². The molecule has 0 heterocycles. The van der Waals surface area contributed by atoms with Gasteiger partial charge in [-0.25, -0.2) is 0 Å². The second-order valence-electron chi connectivity index (χ2n) is 2.12. The van der Waals surface area contributed by atoms with E-state index < -0.39 is 0 Å². The number of rotatable bonds is 3. The highest BCUT2D eigenvalue weighted by Gasteiger charge is 2.05. The fourth-order valence-corrected chi connectivity index (χ4v) is 2.83. The van der Waals surface area contributed by atoms with E-state index in [4.69, 9.17) is 0 Å². The Hall–Kier alpha value is 1.05. The molecule has 0 rings (SSSR count). The van der Waals surface area contributed by atoms with Gasteiger partial charge in [-0.3, -0.25) is 0 Å². The first-order valence-electron chi connectivity index (χ1n) is 2.65. The first-order valence-corrected chi connectivity index (χ1v) is 5.92. The number of thiol groups is 1. The van der Waals surface area contributed by atoms with E-state index in [2.05, 4.69) is 32.4 Å². The molecular weight excluding hydrogens is 156 g/mol. The zero-order valence-corrected chi connectivity index (χ0v) is 7.95. The zero-order valence-electron chi connectivity index (χ0n) is 5.42. The van der Waals surface area contributed by atoms with Gasteiger partial charge in [0, 0.05) is 5.25 Å². The van der Waals surface area contributed by atoms with Crippen LogP contribution in [0.1, 0.15) is 20.8 Å². The van der Waals surface area contributed by atoms with Gasteiger partial charge in [-0.2, -0.15) is 0 Å². The highest BCUT2D eigenvalue weighted by molar-refractivity contribution is 9.05. The Labute approximate surface area is 64.4 Å². The summed E-state index contributed by atoms with van der Waals surface area (Å²) in [7, 11) is 3.37.